The fourth-order valence-electron chi connectivity index (χ4n) is 0.954. The Bertz CT molecular complexity index is 239. The van der Waals surface area contributed by atoms with Crippen LogP contribution in [0.2, 0.25) is 0 Å². The standard InChI is InChI=1S/C8H11ClNSi/c1-7-5-3-4-6-8(7)11(9)10-2/h3-6,10H,1-2H3. The van der Waals surface area contributed by atoms with E-state index in [2.05, 4.69) is 24.0 Å². The Morgan fingerprint density at radius 1 is 1.36 bits per heavy atom. The molecule has 1 N–H and O–H groups in total. The Morgan fingerprint density at radius 2 is 2.00 bits per heavy atom. The van der Waals surface area contributed by atoms with E-state index < -0.39 is 8.27 Å². The highest BCUT2D eigenvalue weighted by Crippen LogP contribution is 1.96. The summed E-state index contributed by atoms with van der Waals surface area (Å²) < 4.78 is 0. The lowest BCUT2D eigenvalue weighted by atomic mass is 10.2. The molecule has 1 nitrogen and oxygen atoms in total. The van der Waals surface area contributed by atoms with Crippen molar-refractivity contribution in [1.82, 2.24) is 4.98 Å². The van der Waals surface area contributed by atoms with Gasteiger partial charge in [-0.05, 0) is 24.7 Å². The molecule has 11 heavy (non-hydrogen) atoms. The van der Waals surface area contributed by atoms with Crippen LogP contribution in [0, 0.1) is 6.92 Å². The zero-order valence-corrected chi connectivity index (χ0v) is 8.44. The average Bonchev–Trinajstić information content (AvgIpc) is 2.04. The monoisotopic (exact) mass is 184 g/mol. The molecule has 1 radical (unpaired) electrons. The predicted molar refractivity (Wildman–Crippen MR) is 51.5 cm³/mol. The van der Waals surface area contributed by atoms with Crippen LogP contribution in [-0.4, -0.2) is 15.3 Å². The van der Waals surface area contributed by atoms with Gasteiger partial charge in [0.15, 0.2) is 0 Å². The van der Waals surface area contributed by atoms with Crippen LogP contribution in [0.3, 0.4) is 0 Å². The molecule has 0 bridgehead atoms. The van der Waals surface area contributed by atoms with Gasteiger partial charge in [-0.1, -0.05) is 24.3 Å². The second kappa shape index (κ2) is 3.90. The van der Waals surface area contributed by atoms with Crippen molar-refractivity contribution >= 4 is 24.5 Å². The zero-order valence-electron chi connectivity index (χ0n) is 6.69. The summed E-state index contributed by atoms with van der Waals surface area (Å²) in [4.78, 5) is 3.09. The van der Waals surface area contributed by atoms with Crippen LogP contribution >= 0.6 is 11.1 Å². The van der Waals surface area contributed by atoms with Gasteiger partial charge in [-0.15, -0.1) is 11.1 Å². The van der Waals surface area contributed by atoms with Crippen LogP contribution in [-0.2, 0) is 0 Å². The van der Waals surface area contributed by atoms with Crippen molar-refractivity contribution in [1.29, 1.82) is 0 Å². The molecular formula is C8H11ClNSi. The van der Waals surface area contributed by atoms with Crippen LogP contribution in [0.15, 0.2) is 24.3 Å². The van der Waals surface area contributed by atoms with Crippen LogP contribution in [0.5, 0.6) is 0 Å². The maximum Gasteiger partial charge on any atom is 0.284 e. The van der Waals surface area contributed by atoms with Crippen molar-refractivity contribution in [3.8, 4) is 0 Å². The molecule has 59 valence electrons. The summed E-state index contributed by atoms with van der Waals surface area (Å²) in [6, 6.07) is 8.21. The number of benzene rings is 1. The molecule has 0 saturated carbocycles. The van der Waals surface area contributed by atoms with Gasteiger partial charge in [0.05, 0.1) is 0 Å². The second-order valence-corrected chi connectivity index (χ2v) is 5.18. The van der Waals surface area contributed by atoms with Gasteiger partial charge in [0, 0.05) is 0 Å². The summed E-state index contributed by atoms with van der Waals surface area (Å²) >= 11 is 6.09. The fraction of sp³-hybridized carbons (Fsp3) is 0.250. The minimum atomic E-state index is -1.01. The van der Waals surface area contributed by atoms with E-state index in [-0.39, 0.29) is 0 Å². The van der Waals surface area contributed by atoms with Crippen molar-refractivity contribution in [3.63, 3.8) is 0 Å². The van der Waals surface area contributed by atoms with Gasteiger partial charge in [-0.3, -0.25) is 0 Å². The van der Waals surface area contributed by atoms with Gasteiger partial charge < -0.3 is 4.98 Å². The van der Waals surface area contributed by atoms with E-state index in [1.807, 2.05) is 19.2 Å². The number of hydrogen-bond donors (Lipinski definition) is 1. The Balaban J connectivity index is 2.93. The van der Waals surface area contributed by atoms with Crippen molar-refractivity contribution in [2.45, 2.75) is 6.92 Å². The molecule has 0 saturated heterocycles. The summed E-state index contributed by atoms with van der Waals surface area (Å²) in [6.07, 6.45) is 0. The van der Waals surface area contributed by atoms with E-state index in [0.29, 0.717) is 0 Å². The lowest BCUT2D eigenvalue weighted by Crippen LogP contribution is -2.38. The Morgan fingerprint density at radius 3 is 2.55 bits per heavy atom. The number of rotatable bonds is 2. The molecule has 0 fully saturated rings. The SMILES string of the molecule is CN[Si](Cl)c1ccccc1C. The predicted octanol–water partition coefficient (Wildman–Crippen LogP) is 1.15. The highest BCUT2D eigenvalue weighted by molar-refractivity contribution is 7.13. The quantitative estimate of drug-likeness (QED) is 0.537. The number of aryl methyl sites for hydroxylation is 1. The normalized spacial score (nSPS) is 10.5. The third-order valence-corrected chi connectivity index (χ3v) is 4.25. The molecule has 1 aromatic carbocycles. The molecule has 0 aliphatic rings. The van der Waals surface area contributed by atoms with Crippen molar-refractivity contribution in [3.05, 3.63) is 29.8 Å². The molecule has 0 amide bonds. The van der Waals surface area contributed by atoms with Gasteiger partial charge >= 0.3 is 0 Å². The van der Waals surface area contributed by atoms with Crippen molar-refractivity contribution in [2.24, 2.45) is 0 Å². The van der Waals surface area contributed by atoms with E-state index >= 15 is 0 Å². The number of halogens is 1. The first kappa shape index (κ1) is 8.78. The van der Waals surface area contributed by atoms with Crippen LogP contribution < -0.4 is 10.2 Å². The second-order valence-electron chi connectivity index (χ2n) is 2.38. The Hall–Kier alpha value is -0.313. The average molecular weight is 185 g/mol. The van der Waals surface area contributed by atoms with Gasteiger partial charge in [0.25, 0.3) is 8.27 Å². The van der Waals surface area contributed by atoms with Gasteiger partial charge in [-0.25, -0.2) is 0 Å². The van der Waals surface area contributed by atoms with E-state index in [0.717, 1.165) is 0 Å². The molecule has 0 unspecified atom stereocenters. The smallest absolute Gasteiger partial charge is 0.284 e. The van der Waals surface area contributed by atoms with Crippen LogP contribution in [0.1, 0.15) is 5.56 Å². The van der Waals surface area contributed by atoms with E-state index in [1.54, 1.807) is 0 Å². The van der Waals surface area contributed by atoms with Crippen molar-refractivity contribution in [2.75, 3.05) is 7.05 Å². The first-order valence-electron chi connectivity index (χ1n) is 3.52. The van der Waals surface area contributed by atoms with Crippen LogP contribution in [0.25, 0.3) is 0 Å². The number of hydrogen-bond acceptors (Lipinski definition) is 1. The first-order chi connectivity index (χ1) is 5.25. The fourth-order valence-corrected chi connectivity index (χ4v) is 2.53. The molecule has 0 atom stereocenters. The van der Waals surface area contributed by atoms with E-state index in [9.17, 15) is 0 Å². The van der Waals surface area contributed by atoms with Gasteiger partial charge in [-0.2, -0.15) is 0 Å². The third-order valence-electron chi connectivity index (χ3n) is 1.60. The van der Waals surface area contributed by atoms with E-state index in [1.165, 1.54) is 10.8 Å². The minimum Gasteiger partial charge on any atom is -0.325 e. The topological polar surface area (TPSA) is 12.0 Å². The molecule has 0 aliphatic carbocycles. The molecular weight excluding hydrogens is 174 g/mol. The van der Waals surface area contributed by atoms with Gasteiger partial charge in [0.2, 0.25) is 0 Å². The Kier molecular flexibility index (Phi) is 3.11. The Labute approximate surface area is 73.8 Å². The molecule has 0 spiro atoms. The molecule has 0 aliphatic heterocycles. The summed E-state index contributed by atoms with van der Waals surface area (Å²) in [7, 11) is 0.882. The molecule has 1 rings (SSSR count). The highest BCUT2D eigenvalue weighted by Gasteiger charge is 2.09. The first-order valence-corrected chi connectivity index (χ1v) is 6.03. The molecule has 0 aromatic heterocycles. The zero-order chi connectivity index (χ0) is 8.27. The summed E-state index contributed by atoms with van der Waals surface area (Å²) in [5, 5.41) is 1.25. The van der Waals surface area contributed by atoms with Crippen molar-refractivity contribution < 1.29 is 0 Å². The highest BCUT2D eigenvalue weighted by atomic mass is 35.6. The maximum absolute atomic E-state index is 6.09. The van der Waals surface area contributed by atoms with E-state index in [4.69, 9.17) is 11.1 Å². The third kappa shape index (κ3) is 2.06. The largest absolute Gasteiger partial charge is 0.325 e. The summed E-state index contributed by atoms with van der Waals surface area (Å²) in [5.41, 5.74) is 1.27. The molecule has 3 heteroatoms. The lowest BCUT2D eigenvalue weighted by molar-refractivity contribution is 1.24. The maximum atomic E-state index is 6.09. The van der Waals surface area contributed by atoms with Gasteiger partial charge in [0.1, 0.15) is 0 Å². The van der Waals surface area contributed by atoms with Crippen LogP contribution in [0.4, 0.5) is 0 Å². The summed E-state index contributed by atoms with van der Waals surface area (Å²) in [5.74, 6) is 0. The molecule has 0 heterocycles. The number of nitrogens with one attached hydrogen (secondary N) is 1. The summed E-state index contributed by atoms with van der Waals surface area (Å²) in [6.45, 7) is 2.08. The minimum absolute atomic E-state index is 1.01. The molecule has 1 aromatic rings. The lowest BCUT2D eigenvalue weighted by Gasteiger charge is -2.07.